The van der Waals surface area contributed by atoms with Crippen LogP contribution in [0, 0.1) is 6.92 Å². The predicted molar refractivity (Wildman–Crippen MR) is 128 cm³/mol. The minimum Gasteiger partial charge on any atom is -0.497 e. The number of nitrogens with one attached hydrogen (secondary N) is 1. The van der Waals surface area contributed by atoms with E-state index in [4.69, 9.17) is 15.6 Å². The Kier molecular flexibility index (Phi) is 6.40. The molecule has 33 heavy (non-hydrogen) atoms. The van der Waals surface area contributed by atoms with Crippen molar-refractivity contribution >= 4 is 23.2 Å². The summed E-state index contributed by atoms with van der Waals surface area (Å²) in [5.74, 6) is 0.0784. The molecule has 0 aliphatic carbocycles. The average molecular weight is 443 g/mol. The minimum absolute atomic E-state index is 0.0290. The second-order valence-electron chi connectivity index (χ2n) is 7.84. The maximum atomic E-state index is 13.3. The van der Waals surface area contributed by atoms with Crippen molar-refractivity contribution in [1.82, 2.24) is 5.01 Å². The van der Waals surface area contributed by atoms with E-state index in [-0.39, 0.29) is 18.5 Å². The Labute approximate surface area is 192 Å². The van der Waals surface area contributed by atoms with Gasteiger partial charge < -0.3 is 15.8 Å². The number of hydrogen-bond acceptors (Lipinski definition) is 5. The number of amides is 2. The molecule has 0 bridgehead atoms. The van der Waals surface area contributed by atoms with Crippen molar-refractivity contribution in [2.45, 2.75) is 19.4 Å². The fraction of sp³-hybridized carbons (Fsp3) is 0.192. The van der Waals surface area contributed by atoms with E-state index in [9.17, 15) is 9.59 Å². The van der Waals surface area contributed by atoms with Crippen LogP contribution in [0.15, 0.2) is 77.9 Å². The number of hydrazone groups is 1. The standard InChI is InChI=1S/C26H26N4O3/c1-17-21(26(27)32)9-6-10-22(17)28-16-25(31)30-24(19-11-13-20(33-2)14-12-19)15-23(29-30)18-7-4-3-5-8-18/h3-14,24,28H,15-16H2,1-2H3,(H2,27,32). The highest BCUT2D eigenvalue weighted by Crippen LogP contribution is 2.33. The van der Waals surface area contributed by atoms with Crippen molar-refractivity contribution < 1.29 is 14.3 Å². The highest BCUT2D eigenvalue weighted by molar-refractivity contribution is 6.03. The van der Waals surface area contributed by atoms with Gasteiger partial charge in [0.25, 0.3) is 5.91 Å². The smallest absolute Gasteiger partial charge is 0.262 e. The number of hydrogen-bond donors (Lipinski definition) is 2. The van der Waals surface area contributed by atoms with Gasteiger partial charge in [0.15, 0.2) is 0 Å². The third kappa shape index (κ3) is 4.72. The Hall–Kier alpha value is -4.13. The molecule has 1 atom stereocenters. The maximum absolute atomic E-state index is 13.3. The Morgan fingerprint density at radius 1 is 1.06 bits per heavy atom. The Bertz CT molecular complexity index is 1190. The SMILES string of the molecule is COc1ccc(C2CC(c3ccccc3)=NN2C(=O)CNc2cccc(C(N)=O)c2C)cc1. The summed E-state index contributed by atoms with van der Waals surface area (Å²) in [5, 5.41) is 9.38. The quantitative estimate of drug-likeness (QED) is 0.580. The first-order valence-electron chi connectivity index (χ1n) is 10.7. The molecular weight excluding hydrogens is 416 g/mol. The molecule has 0 radical (unpaired) electrons. The zero-order valence-corrected chi connectivity index (χ0v) is 18.6. The van der Waals surface area contributed by atoms with Gasteiger partial charge in [-0.15, -0.1) is 0 Å². The molecule has 168 valence electrons. The normalized spacial score (nSPS) is 15.2. The molecule has 0 fully saturated rings. The van der Waals surface area contributed by atoms with Gasteiger partial charge in [0, 0.05) is 17.7 Å². The minimum atomic E-state index is -0.501. The first-order valence-corrected chi connectivity index (χ1v) is 10.7. The molecule has 0 aromatic heterocycles. The molecule has 1 unspecified atom stereocenters. The van der Waals surface area contributed by atoms with E-state index < -0.39 is 5.91 Å². The number of nitrogens with two attached hydrogens (primary N) is 1. The predicted octanol–water partition coefficient (Wildman–Crippen LogP) is 3.89. The summed E-state index contributed by atoms with van der Waals surface area (Å²) in [4.78, 5) is 24.9. The second-order valence-corrected chi connectivity index (χ2v) is 7.84. The number of carbonyl (C=O) groups is 2. The number of methoxy groups -OCH3 is 1. The molecule has 1 aliphatic heterocycles. The fourth-order valence-electron chi connectivity index (χ4n) is 3.98. The third-order valence-electron chi connectivity index (χ3n) is 5.80. The summed E-state index contributed by atoms with van der Waals surface area (Å²) in [6.45, 7) is 1.83. The number of primary amides is 1. The summed E-state index contributed by atoms with van der Waals surface area (Å²) in [7, 11) is 1.62. The number of rotatable bonds is 7. The van der Waals surface area contributed by atoms with Gasteiger partial charge in [0.1, 0.15) is 5.75 Å². The van der Waals surface area contributed by atoms with Crippen LogP contribution in [0.25, 0.3) is 0 Å². The number of nitrogens with zero attached hydrogens (tertiary/aromatic N) is 2. The number of benzene rings is 3. The van der Waals surface area contributed by atoms with Crippen LogP contribution < -0.4 is 15.8 Å². The van der Waals surface area contributed by atoms with Gasteiger partial charge in [-0.25, -0.2) is 5.01 Å². The molecule has 0 saturated carbocycles. The first-order chi connectivity index (χ1) is 16.0. The first kappa shape index (κ1) is 22.1. The van der Waals surface area contributed by atoms with Crippen molar-refractivity contribution in [2.24, 2.45) is 10.8 Å². The van der Waals surface area contributed by atoms with Gasteiger partial charge in [-0.05, 0) is 47.9 Å². The number of carbonyl (C=O) groups excluding carboxylic acids is 2. The van der Waals surface area contributed by atoms with Crippen LogP contribution in [-0.2, 0) is 4.79 Å². The fourth-order valence-corrected chi connectivity index (χ4v) is 3.98. The molecule has 4 rings (SSSR count). The highest BCUT2D eigenvalue weighted by atomic mass is 16.5. The molecule has 2 amide bonds. The largest absolute Gasteiger partial charge is 0.497 e. The Balaban J connectivity index is 1.58. The van der Waals surface area contributed by atoms with Crippen molar-refractivity contribution in [2.75, 3.05) is 19.0 Å². The van der Waals surface area contributed by atoms with Crippen LogP contribution in [-0.4, -0.2) is 36.2 Å². The van der Waals surface area contributed by atoms with Crippen LogP contribution in [0.4, 0.5) is 5.69 Å². The van der Waals surface area contributed by atoms with Crippen molar-refractivity contribution in [3.63, 3.8) is 0 Å². The van der Waals surface area contributed by atoms with E-state index in [0.29, 0.717) is 23.2 Å². The van der Waals surface area contributed by atoms with Crippen molar-refractivity contribution in [3.8, 4) is 5.75 Å². The van der Waals surface area contributed by atoms with Crippen molar-refractivity contribution in [3.05, 3.63) is 95.1 Å². The van der Waals surface area contributed by atoms with Gasteiger partial charge in [0.05, 0.1) is 25.4 Å². The molecule has 7 nitrogen and oxygen atoms in total. The lowest BCUT2D eigenvalue weighted by Crippen LogP contribution is -2.32. The van der Waals surface area contributed by atoms with Gasteiger partial charge in [-0.1, -0.05) is 48.5 Å². The average Bonchev–Trinajstić information content (AvgIpc) is 3.29. The molecule has 3 N–H and O–H groups in total. The highest BCUT2D eigenvalue weighted by Gasteiger charge is 2.33. The van der Waals surface area contributed by atoms with Crippen molar-refractivity contribution in [1.29, 1.82) is 0 Å². The molecule has 3 aromatic rings. The number of anilines is 1. The van der Waals surface area contributed by atoms with E-state index in [1.807, 2.05) is 60.7 Å². The molecule has 3 aromatic carbocycles. The lowest BCUT2D eigenvalue weighted by atomic mass is 9.98. The van der Waals surface area contributed by atoms with Gasteiger partial charge in [-0.3, -0.25) is 9.59 Å². The summed E-state index contributed by atoms with van der Waals surface area (Å²) >= 11 is 0. The molecule has 1 aliphatic rings. The molecule has 7 heteroatoms. The van der Waals surface area contributed by atoms with Gasteiger partial charge >= 0.3 is 0 Å². The summed E-state index contributed by atoms with van der Waals surface area (Å²) < 4.78 is 5.27. The molecular formula is C26H26N4O3. The van der Waals surface area contributed by atoms with E-state index >= 15 is 0 Å². The van der Waals surface area contributed by atoms with E-state index in [2.05, 4.69) is 5.32 Å². The van der Waals surface area contributed by atoms with E-state index in [1.165, 1.54) is 0 Å². The van der Waals surface area contributed by atoms with E-state index in [1.54, 1.807) is 31.2 Å². The summed E-state index contributed by atoms with van der Waals surface area (Å²) in [6.07, 6.45) is 0.609. The Morgan fingerprint density at radius 2 is 1.79 bits per heavy atom. The summed E-state index contributed by atoms with van der Waals surface area (Å²) in [5.41, 5.74) is 10.1. The molecule has 1 heterocycles. The van der Waals surface area contributed by atoms with Crippen LogP contribution >= 0.6 is 0 Å². The lowest BCUT2D eigenvalue weighted by molar-refractivity contribution is -0.131. The van der Waals surface area contributed by atoms with Crippen LogP contribution in [0.5, 0.6) is 5.75 Å². The summed E-state index contributed by atoms with van der Waals surface area (Å²) in [6, 6.07) is 22.5. The van der Waals surface area contributed by atoms with Gasteiger partial charge in [-0.2, -0.15) is 5.10 Å². The maximum Gasteiger partial charge on any atom is 0.262 e. The van der Waals surface area contributed by atoms with E-state index in [0.717, 1.165) is 22.6 Å². The zero-order valence-electron chi connectivity index (χ0n) is 18.6. The monoisotopic (exact) mass is 442 g/mol. The number of ether oxygens (including phenoxy) is 1. The molecule has 0 saturated heterocycles. The topological polar surface area (TPSA) is 97.0 Å². The third-order valence-corrected chi connectivity index (χ3v) is 5.80. The zero-order chi connectivity index (χ0) is 23.4. The second kappa shape index (κ2) is 9.56. The Morgan fingerprint density at radius 3 is 2.45 bits per heavy atom. The molecule has 0 spiro atoms. The van der Waals surface area contributed by atoms with Crippen LogP contribution in [0.2, 0.25) is 0 Å². The lowest BCUT2D eigenvalue weighted by Gasteiger charge is -2.23. The van der Waals surface area contributed by atoms with Gasteiger partial charge in [0.2, 0.25) is 5.91 Å². The van der Waals surface area contributed by atoms with Crippen LogP contribution in [0.3, 0.4) is 0 Å². The van der Waals surface area contributed by atoms with Crippen LogP contribution in [0.1, 0.15) is 39.5 Å².